The summed E-state index contributed by atoms with van der Waals surface area (Å²) in [5.41, 5.74) is 0.767. The van der Waals surface area contributed by atoms with E-state index >= 15 is 0 Å². The van der Waals surface area contributed by atoms with E-state index in [1.54, 1.807) is 0 Å². The number of aromatic carboxylic acids is 1. The van der Waals surface area contributed by atoms with E-state index in [9.17, 15) is 13.2 Å². The van der Waals surface area contributed by atoms with Crippen molar-refractivity contribution in [2.45, 2.75) is 4.21 Å². The minimum absolute atomic E-state index is 0.241. The first-order valence-corrected chi connectivity index (χ1v) is 5.78. The summed E-state index contributed by atoms with van der Waals surface area (Å²) in [6, 6.07) is 0. The average Bonchev–Trinajstić information content (AvgIpc) is 2.51. The van der Waals surface area contributed by atoms with Crippen LogP contribution >= 0.6 is 11.3 Å². The molecule has 0 atom stereocenters. The van der Waals surface area contributed by atoms with Crippen molar-refractivity contribution in [2.75, 3.05) is 14.1 Å². The SMILES string of the molecule is CN(C)S(=O)(=O)c1scnc1C(=O)O. The third-order valence-corrected chi connectivity index (χ3v) is 4.61. The van der Waals surface area contributed by atoms with Gasteiger partial charge in [-0.2, -0.15) is 0 Å². The van der Waals surface area contributed by atoms with Gasteiger partial charge in [-0.15, -0.1) is 11.3 Å². The van der Waals surface area contributed by atoms with Crippen LogP contribution in [0.15, 0.2) is 9.72 Å². The van der Waals surface area contributed by atoms with Crippen LogP contribution < -0.4 is 0 Å². The van der Waals surface area contributed by atoms with Gasteiger partial charge in [-0.25, -0.2) is 22.5 Å². The molecular formula is C6H8N2O4S2. The van der Waals surface area contributed by atoms with E-state index in [0.717, 1.165) is 15.6 Å². The Morgan fingerprint density at radius 2 is 2.14 bits per heavy atom. The fourth-order valence-corrected chi connectivity index (χ4v) is 3.01. The molecule has 0 aliphatic heterocycles. The molecule has 0 aromatic carbocycles. The molecule has 0 amide bonds. The molecule has 0 radical (unpaired) electrons. The van der Waals surface area contributed by atoms with Gasteiger partial charge in [-0.05, 0) is 0 Å². The van der Waals surface area contributed by atoms with Gasteiger partial charge < -0.3 is 5.11 Å². The normalized spacial score (nSPS) is 11.9. The maximum atomic E-state index is 11.6. The number of carboxylic acids is 1. The van der Waals surface area contributed by atoms with Gasteiger partial charge in [0.1, 0.15) is 0 Å². The van der Waals surface area contributed by atoms with E-state index in [4.69, 9.17) is 5.11 Å². The molecule has 0 unspecified atom stereocenters. The molecule has 1 N–H and O–H groups in total. The molecule has 1 aromatic heterocycles. The Morgan fingerprint density at radius 3 is 2.57 bits per heavy atom. The van der Waals surface area contributed by atoms with E-state index in [1.165, 1.54) is 19.6 Å². The Balaban J connectivity index is 3.34. The first kappa shape index (κ1) is 11.1. The second-order valence-electron chi connectivity index (χ2n) is 2.58. The Hall–Kier alpha value is -0.990. The maximum Gasteiger partial charge on any atom is 0.356 e. The number of thiazole rings is 1. The molecule has 1 heterocycles. The highest BCUT2D eigenvalue weighted by molar-refractivity contribution is 7.91. The van der Waals surface area contributed by atoms with Gasteiger partial charge in [-0.3, -0.25) is 0 Å². The van der Waals surface area contributed by atoms with Crippen LogP contribution in [0.3, 0.4) is 0 Å². The summed E-state index contributed by atoms with van der Waals surface area (Å²) in [5.74, 6) is -1.34. The van der Waals surface area contributed by atoms with Gasteiger partial charge in [-0.1, -0.05) is 0 Å². The summed E-state index contributed by atoms with van der Waals surface area (Å²) in [5, 5.41) is 8.66. The van der Waals surface area contributed by atoms with Crippen molar-refractivity contribution in [1.82, 2.24) is 9.29 Å². The minimum atomic E-state index is -3.70. The smallest absolute Gasteiger partial charge is 0.356 e. The molecule has 8 heteroatoms. The molecule has 1 rings (SSSR count). The molecule has 0 aliphatic carbocycles. The number of carbonyl (C=O) groups is 1. The second-order valence-corrected chi connectivity index (χ2v) is 5.78. The maximum absolute atomic E-state index is 11.6. The third-order valence-electron chi connectivity index (χ3n) is 1.45. The lowest BCUT2D eigenvalue weighted by molar-refractivity contribution is 0.0687. The summed E-state index contributed by atoms with van der Waals surface area (Å²) >= 11 is 0.792. The molecule has 0 saturated heterocycles. The Bertz CT molecular complexity index is 448. The van der Waals surface area contributed by atoms with Gasteiger partial charge in [0.25, 0.3) is 10.0 Å². The van der Waals surface area contributed by atoms with Crippen LogP contribution in [0, 0.1) is 0 Å². The largest absolute Gasteiger partial charge is 0.476 e. The van der Waals surface area contributed by atoms with Crippen molar-refractivity contribution in [3.63, 3.8) is 0 Å². The number of sulfonamides is 1. The predicted octanol–water partition coefficient (Wildman–Crippen LogP) is 0.0916. The molecule has 0 saturated carbocycles. The lowest BCUT2D eigenvalue weighted by Crippen LogP contribution is -2.23. The zero-order valence-corrected chi connectivity index (χ0v) is 9.09. The monoisotopic (exact) mass is 236 g/mol. The first-order valence-electron chi connectivity index (χ1n) is 3.46. The van der Waals surface area contributed by atoms with Gasteiger partial charge in [0.2, 0.25) is 0 Å². The average molecular weight is 236 g/mol. The van der Waals surface area contributed by atoms with Crippen molar-refractivity contribution < 1.29 is 18.3 Å². The summed E-state index contributed by atoms with van der Waals surface area (Å²) in [6.07, 6.45) is 0. The molecule has 1 aromatic rings. The van der Waals surface area contributed by atoms with Gasteiger partial charge in [0.05, 0.1) is 5.51 Å². The lowest BCUT2D eigenvalue weighted by atomic mass is 10.5. The van der Waals surface area contributed by atoms with Crippen molar-refractivity contribution in [1.29, 1.82) is 0 Å². The van der Waals surface area contributed by atoms with Crippen LogP contribution in [-0.2, 0) is 10.0 Å². The predicted molar refractivity (Wildman–Crippen MR) is 49.9 cm³/mol. The molecule has 14 heavy (non-hydrogen) atoms. The number of rotatable bonds is 3. The van der Waals surface area contributed by atoms with Gasteiger partial charge in [0.15, 0.2) is 9.90 Å². The fourth-order valence-electron chi connectivity index (χ4n) is 0.727. The highest BCUT2D eigenvalue weighted by Gasteiger charge is 2.27. The molecule has 0 bridgehead atoms. The summed E-state index contributed by atoms with van der Waals surface area (Å²) in [7, 11) is -1.03. The van der Waals surface area contributed by atoms with Crippen LogP contribution in [0.25, 0.3) is 0 Å². The minimum Gasteiger partial charge on any atom is -0.476 e. The van der Waals surface area contributed by atoms with Crippen molar-refractivity contribution in [2.24, 2.45) is 0 Å². The van der Waals surface area contributed by atoms with Gasteiger partial charge >= 0.3 is 5.97 Å². The summed E-state index contributed by atoms with van der Waals surface area (Å²) < 4.78 is 23.8. The van der Waals surface area contributed by atoms with Gasteiger partial charge in [0, 0.05) is 14.1 Å². The molecule has 0 aliphatic rings. The highest BCUT2D eigenvalue weighted by Crippen LogP contribution is 2.22. The Morgan fingerprint density at radius 1 is 1.57 bits per heavy atom. The van der Waals surface area contributed by atoms with E-state index in [-0.39, 0.29) is 4.21 Å². The Kier molecular flexibility index (Phi) is 2.88. The zero-order valence-electron chi connectivity index (χ0n) is 7.46. The van der Waals surface area contributed by atoms with Crippen LogP contribution in [0.1, 0.15) is 10.5 Å². The van der Waals surface area contributed by atoms with Crippen LogP contribution in [-0.4, -0.2) is 42.9 Å². The molecular weight excluding hydrogens is 228 g/mol. The number of hydrogen-bond donors (Lipinski definition) is 1. The van der Waals surface area contributed by atoms with Crippen LogP contribution in [0.2, 0.25) is 0 Å². The second kappa shape index (κ2) is 3.64. The molecule has 78 valence electrons. The van der Waals surface area contributed by atoms with Crippen LogP contribution in [0.5, 0.6) is 0 Å². The lowest BCUT2D eigenvalue weighted by Gasteiger charge is -2.08. The van der Waals surface area contributed by atoms with E-state index in [0.29, 0.717) is 0 Å². The van der Waals surface area contributed by atoms with E-state index in [1.807, 2.05) is 0 Å². The molecule has 6 nitrogen and oxygen atoms in total. The van der Waals surface area contributed by atoms with Crippen molar-refractivity contribution >= 4 is 27.3 Å². The fraction of sp³-hybridized carbons (Fsp3) is 0.333. The summed E-state index contributed by atoms with van der Waals surface area (Å²) in [6.45, 7) is 0. The third kappa shape index (κ3) is 1.76. The van der Waals surface area contributed by atoms with Crippen molar-refractivity contribution in [3.8, 4) is 0 Å². The first-order chi connectivity index (χ1) is 6.37. The molecule has 0 fully saturated rings. The quantitative estimate of drug-likeness (QED) is 0.803. The van der Waals surface area contributed by atoms with E-state index < -0.39 is 21.7 Å². The summed E-state index contributed by atoms with van der Waals surface area (Å²) in [4.78, 5) is 14.1. The highest BCUT2D eigenvalue weighted by atomic mass is 32.2. The zero-order chi connectivity index (χ0) is 10.9. The topological polar surface area (TPSA) is 87.6 Å². The molecule has 0 spiro atoms. The van der Waals surface area contributed by atoms with Crippen LogP contribution in [0.4, 0.5) is 0 Å². The van der Waals surface area contributed by atoms with E-state index in [2.05, 4.69) is 4.98 Å². The number of carboxylic acid groups (broad SMARTS) is 1. The number of aromatic nitrogens is 1. The number of nitrogens with zero attached hydrogens (tertiary/aromatic N) is 2. The van der Waals surface area contributed by atoms with Crippen molar-refractivity contribution in [3.05, 3.63) is 11.2 Å². The Labute approximate surface area is 84.9 Å². The number of hydrogen-bond acceptors (Lipinski definition) is 5. The standard InChI is InChI=1S/C6H8N2O4S2/c1-8(2)14(11,12)6-4(5(9)10)7-3-13-6/h3H,1-2H3,(H,9,10).